The van der Waals surface area contributed by atoms with Gasteiger partial charge < -0.3 is 20.1 Å². The van der Waals surface area contributed by atoms with Crippen molar-refractivity contribution in [2.24, 2.45) is 17.8 Å². The Morgan fingerprint density at radius 2 is 1.71 bits per heavy atom. The van der Waals surface area contributed by atoms with Gasteiger partial charge in [-0.05, 0) is 35.7 Å². The lowest BCUT2D eigenvalue weighted by atomic mass is 9.62. The fourth-order valence-electron chi connectivity index (χ4n) is 6.18. The second-order valence-electron chi connectivity index (χ2n) is 9.51. The first-order valence-corrected chi connectivity index (χ1v) is 12.6. The number of amides is 2. The first-order valence-electron chi connectivity index (χ1n) is 11.8. The van der Waals surface area contributed by atoms with Gasteiger partial charge in [0, 0.05) is 36.0 Å². The Bertz CT molecular complexity index is 1150. The molecule has 1 saturated carbocycles. The number of ether oxygens (including phenoxy) is 1. The van der Waals surface area contributed by atoms with Gasteiger partial charge in [-0.2, -0.15) is 0 Å². The molecule has 0 spiro atoms. The average Bonchev–Trinajstić information content (AvgIpc) is 3.51. The lowest BCUT2D eigenvalue weighted by Crippen LogP contribution is -2.65. The molecule has 11 heteroatoms. The third-order valence-corrected chi connectivity index (χ3v) is 8.34. The van der Waals surface area contributed by atoms with E-state index in [4.69, 9.17) is 4.74 Å². The van der Waals surface area contributed by atoms with Crippen molar-refractivity contribution in [1.29, 1.82) is 0 Å². The van der Waals surface area contributed by atoms with E-state index in [1.807, 2.05) is 10.3 Å². The highest BCUT2D eigenvalue weighted by Gasteiger charge is 2.60. The molecule has 1 aromatic heterocycles. The summed E-state index contributed by atoms with van der Waals surface area (Å²) in [6.07, 6.45) is -1.82. The molecular weight excluding hydrogens is 472 g/mol. The van der Waals surface area contributed by atoms with Crippen LogP contribution in [0.25, 0.3) is 11.3 Å². The number of carbonyl (C=O) groups excluding carboxylic acids is 2. The molecule has 2 aliphatic carbocycles. The van der Waals surface area contributed by atoms with E-state index < -0.39 is 42.1 Å². The summed E-state index contributed by atoms with van der Waals surface area (Å²) in [6.45, 7) is 2.01. The van der Waals surface area contributed by atoms with Crippen molar-refractivity contribution in [2.45, 2.75) is 30.8 Å². The Morgan fingerprint density at radius 3 is 2.40 bits per heavy atom. The van der Waals surface area contributed by atoms with Gasteiger partial charge >= 0.3 is 0 Å². The van der Waals surface area contributed by atoms with Crippen molar-refractivity contribution >= 4 is 29.0 Å². The van der Waals surface area contributed by atoms with Crippen molar-refractivity contribution in [3.63, 3.8) is 0 Å². The normalized spacial score (nSPS) is 35.6. The van der Waals surface area contributed by atoms with E-state index in [1.165, 1.54) is 16.4 Å². The van der Waals surface area contributed by atoms with Crippen LogP contribution in [0.3, 0.4) is 0 Å². The Labute approximate surface area is 205 Å². The standard InChI is InChI=1S/C24H26N4O6S/c29-20-14-5-6-15-18(17(14)19(21(30)22(20)31)27-7-9-34-10-8-27)24(33)28(23(15)32)13-3-1-12(2-4-13)16-11-35-26-25-16/h1-5,11,15,17-22,29-31H,6-10H2/t15-,17+,18-,19?,20-,21-,22-/m1/s1. The van der Waals surface area contributed by atoms with Crippen LogP contribution < -0.4 is 4.90 Å². The minimum Gasteiger partial charge on any atom is -0.389 e. The van der Waals surface area contributed by atoms with Crippen LogP contribution in [0.15, 0.2) is 41.3 Å². The number of hydrogen-bond acceptors (Lipinski definition) is 10. The van der Waals surface area contributed by atoms with E-state index in [0.717, 1.165) is 11.3 Å². The maximum Gasteiger partial charge on any atom is 0.238 e. The summed E-state index contributed by atoms with van der Waals surface area (Å²) >= 11 is 1.24. The van der Waals surface area contributed by atoms with Crippen molar-refractivity contribution in [1.82, 2.24) is 14.5 Å². The molecule has 1 unspecified atom stereocenters. The number of aromatic nitrogens is 2. The molecule has 3 fully saturated rings. The van der Waals surface area contributed by atoms with Gasteiger partial charge in [-0.1, -0.05) is 22.7 Å². The van der Waals surface area contributed by atoms with Crippen LogP contribution in [0.4, 0.5) is 5.69 Å². The molecule has 10 nitrogen and oxygen atoms in total. The molecule has 6 rings (SSSR count). The van der Waals surface area contributed by atoms with Gasteiger partial charge in [0.2, 0.25) is 11.8 Å². The zero-order valence-corrected chi connectivity index (χ0v) is 19.6. The molecule has 0 bridgehead atoms. The molecule has 0 radical (unpaired) electrons. The maximum atomic E-state index is 13.8. The summed E-state index contributed by atoms with van der Waals surface area (Å²) < 4.78 is 9.33. The monoisotopic (exact) mass is 498 g/mol. The highest BCUT2D eigenvalue weighted by molar-refractivity contribution is 7.03. The molecule has 2 aliphatic heterocycles. The highest BCUT2D eigenvalue weighted by atomic mass is 32.1. The van der Waals surface area contributed by atoms with E-state index in [9.17, 15) is 24.9 Å². The van der Waals surface area contributed by atoms with Crippen molar-refractivity contribution < 1.29 is 29.6 Å². The van der Waals surface area contributed by atoms with Gasteiger partial charge in [-0.25, -0.2) is 0 Å². The van der Waals surface area contributed by atoms with Crippen LogP contribution in [0.2, 0.25) is 0 Å². The number of morpholine rings is 1. The number of hydrogen-bond donors (Lipinski definition) is 3. The fourth-order valence-corrected chi connectivity index (χ4v) is 6.64. The van der Waals surface area contributed by atoms with Gasteiger partial charge in [-0.3, -0.25) is 19.4 Å². The Kier molecular flexibility index (Phi) is 5.78. The maximum absolute atomic E-state index is 13.8. The fraction of sp³-hybridized carbons (Fsp3) is 0.500. The first kappa shape index (κ1) is 22.9. The molecule has 2 aromatic rings. The van der Waals surface area contributed by atoms with Crippen LogP contribution >= 0.6 is 11.5 Å². The van der Waals surface area contributed by atoms with E-state index >= 15 is 0 Å². The zero-order valence-electron chi connectivity index (χ0n) is 18.8. The summed E-state index contributed by atoms with van der Waals surface area (Å²) in [4.78, 5) is 30.6. The predicted octanol–water partition coefficient (Wildman–Crippen LogP) is 0.0541. The number of benzene rings is 1. The molecule has 1 aromatic carbocycles. The third kappa shape index (κ3) is 3.57. The minimum atomic E-state index is -1.36. The molecule has 184 valence electrons. The zero-order chi connectivity index (χ0) is 24.3. The molecule has 3 N–H and O–H groups in total. The first-order chi connectivity index (χ1) is 17.0. The van der Waals surface area contributed by atoms with Crippen molar-refractivity contribution in [3.8, 4) is 11.3 Å². The summed E-state index contributed by atoms with van der Waals surface area (Å²) in [7, 11) is 0. The molecular formula is C24H26N4O6S. The number of carbonyl (C=O) groups is 2. The second-order valence-corrected chi connectivity index (χ2v) is 10.1. The van der Waals surface area contributed by atoms with Gasteiger partial charge in [0.1, 0.15) is 17.9 Å². The topological polar surface area (TPSA) is 136 Å². The minimum absolute atomic E-state index is 0.283. The SMILES string of the molecule is O=C1[C@H]2[C@@H]3C(=CC[C@H]2C(=O)N1c1ccc(-c2csnn2)cc1)[C@@H](O)[C@@H](O)[C@H](O)C3N1CCOCC1. The van der Waals surface area contributed by atoms with Crippen LogP contribution in [0, 0.1) is 17.8 Å². The van der Waals surface area contributed by atoms with Crippen LogP contribution in [-0.4, -0.2) is 92.3 Å². The van der Waals surface area contributed by atoms with Gasteiger partial charge in [0.15, 0.2) is 0 Å². The second kappa shape index (κ2) is 8.84. The third-order valence-electron chi connectivity index (χ3n) is 7.84. The van der Waals surface area contributed by atoms with E-state index in [0.29, 0.717) is 44.0 Å². The van der Waals surface area contributed by atoms with Crippen molar-refractivity contribution in [3.05, 3.63) is 41.3 Å². The summed E-state index contributed by atoms with van der Waals surface area (Å²) in [5.74, 6) is -2.52. The van der Waals surface area contributed by atoms with Crippen LogP contribution in [0.1, 0.15) is 6.42 Å². The largest absolute Gasteiger partial charge is 0.389 e. The highest BCUT2D eigenvalue weighted by Crippen LogP contribution is 2.50. The van der Waals surface area contributed by atoms with Crippen LogP contribution in [0.5, 0.6) is 0 Å². The smallest absolute Gasteiger partial charge is 0.238 e. The molecule has 7 atom stereocenters. The Morgan fingerprint density at radius 1 is 0.971 bits per heavy atom. The van der Waals surface area contributed by atoms with Gasteiger partial charge in [0.25, 0.3) is 0 Å². The molecule has 35 heavy (non-hydrogen) atoms. The van der Waals surface area contributed by atoms with Gasteiger partial charge in [-0.15, -0.1) is 5.10 Å². The van der Waals surface area contributed by atoms with E-state index in [-0.39, 0.29) is 11.8 Å². The molecule has 2 saturated heterocycles. The lowest BCUT2D eigenvalue weighted by Gasteiger charge is -2.51. The molecule has 2 amide bonds. The quantitative estimate of drug-likeness (QED) is 0.396. The number of imide groups is 1. The average molecular weight is 499 g/mol. The number of fused-ring (bicyclic) bond motifs is 3. The molecule has 4 aliphatic rings. The summed E-state index contributed by atoms with van der Waals surface area (Å²) in [5.41, 5.74) is 2.57. The van der Waals surface area contributed by atoms with Crippen molar-refractivity contribution in [2.75, 3.05) is 31.2 Å². The number of allylic oxidation sites excluding steroid dienone is 1. The van der Waals surface area contributed by atoms with E-state index in [2.05, 4.69) is 9.59 Å². The number of anilines is 1. The van der Waals surface area contributed by atoms with Gasteiger partial charge in [0.05, 0.1) is 36.8 Å². The Balaban J connectivity index is 1.35. The van der Waals surface area contributed by atoms with E-state index in [1.54, 1.807) is 30.3 Å². The van der Waals surface area contributed by atoms with Crippen LogP contribution in [-0.2, 0) is 14.3 Å². The predicted molar refractivity (Wildman–Crippen MR) is 125 cm³/mol. The lowest BCUT2D eigenvalue weighted by molar-refractivity contribution is -0.146. The number of aliphatic hydroxyl groups excluding tert-OH is 3. The summed E-state index contributed by atoms with van der Waals surface area (Å²) in [6, 6.07) is 6.46. The number of nitrogens with zero attached hydrogens (tertiary/aromatic N) is 4. The summed E-state index contributed by atoms with van der Waals surface area (Å²) in [5, 5.41) is 38.3. The Hall–Kier alpha value is -2.54. The molecule has 3 heterocycles. The number of aliphatic hydroxyl groups is 3. The number of rotatable bonds is 3.